The molecule has 0 saturated heterocycles. The molecular weight excluding hydrogens is 184 g/mol. The zero-order chi connectivity index (χ0) is 10.8. The standard InChI is InChI=1S/C10H20O4/c11-9(12)7-5-3-1-2-4-6-8-10(13)14/h1-2,9-14H,3-8H2/b2-1+. The lowest BCUT2D eigenvalue weighted by molar-refractivity contribution is -0.0468. The van der Waals surface area contributed by atoms with Crippen molar-refractivity contribution < 1.29 is 20.4 Å². The van der Waals surface area contributed by atoms with E-state index in [1.165, 1.54) is 0 Å². The Labute approximate surface area is 84.5 Å². The summed E-state index contributed by atoms with van der Waals surface area (Å²) in [5.41, 5.74) is 0. The van der Waals surface area contributed by atoms with E-state index in [4.69, 9.17) is 20.4 Å². The minimum absolute atomic E-state index is 0.402. The van der Waals surface area contributed by atoms with Crippen LogP contribution in [0.1, 0.15) is 38.5 Å². The lowest BCUT2D eigenvalue weighted by Gasteiger charge is -2.00. The number of allylic oxidation sites excluding steroid dienone is 2. The first-order valence-electron chi connectivity index (χ1n) is 5.00. The molecule has 0 bridgehead atoms. The monoisotopic (exact) mass is 204 g/mol. The second-order valence-electron chi connectivity index (χ2n) is 3.29. The molecule has 4 heteroatoms. The van der Waals surface area contributed by atoms with Crippen LogP contribution < -0.4 is 0 Å². The molecule has 4 nitrogen and oxygen atoms in total. The van der Waals surface area contributed by atoms with Crippen molar-refractivity contribution in [2.75, 3.05) is 0 Å². The van der Waals surface area contributed by atoms with Crippen molar-refractivity contribution in [3.05, 3.63) is 12.2 Å². The first kappa shape index (κ1) is 13.6. The molecule has 0 saturated carbocycles. The highest BCUT2D eigenvalue weighted by Gasteiger charge is 1.95. The number of aliphatic hydroxyl groups is 4. The fraction of sp³-hybridized carbons (Fsp3) is 0.800. The van der Waals surface area contributed by atoms with Crippen molar-refractivity contribution in [3.8, 4) is 0 Å². The van der Waals surface area contributed by atoms with Crippen LogP contribution in [-0.4, -0.2) is 33.0 Å². The fourth-order valence-corrected chi connectivity index (χ4v) is 1.07. The van der Waals surface area contributed by atoms with Gasteiger partial charge in [0.25, 0.3) is 0 Å². The van der Waals surface area contributed by atoms with Crippen LogP contribution in [0.25, 0.3) is 0 Å². The molecule has 84 valence electrons. The van der Waals surface area contributed by atoms with Gasteiger partial charge in [-0.2, -0.15) is 0 Å². The smallest absolute Gasteiger partial charge is 0.151 e. The van der Waals surface area contributed by atoms with Crippen LogP contribution in [0.15, 0.2) is 12.2 Å². The van der Waals surface area contributed by atoms with E-state index in [1.807, 2.05) is 12.2 Å². The summed E-state index contributed by atoms with van der Waals surface area (Å²) in [6, 6.07) is 0. The Kier molecular flexibility index (Phi) is 8.87. The summed E-state index contributed by atoms with van der Waals surface area (Å²) >= 11 is 0. The van der Waals surface area contributed by atoms with Gasteiger partial charge in [-0.25, -0.2) is 0 Å². The van der Waals surface area contributed by atoms with Gasteiger partial charge < -0.3 is 20.4 Å². The maximum atomic E-state index is 8.53. The molecule has 0 aromatic heterocycles. The highest BCUT2D eigenvalue weighted by Crippen LogP contribution is 2.03. The second-order valence-corrected chi connectivity index (χ2v) is 3.29. The van der Waals surface area contributed by atoms with Gasteiger partial charge in [0.1, 0.15) is 0 Å². The predicted octanol–water partition coefficient (Wildman–Crippen LogP) is 0.505. The number of hydrogen-bond acceptors (Lipinski definition) is 4. The molecule has 0 rings (SSSR count). The van der Waals surface area contributed by atoms with Gasteiger partial charge >= 0.3 is 0 Å². The Balaban J connectivity index is 3.12. The van der Waals surface area contributed by atoms with Gasteiger partial charge in [0.15, 0.2) is 12.6 Å². The molecule has 0 atom stereocenters. The third-order valence-electron chi connectivity index (χ3n) is 1.83. The van der Waals surface area contributed by atoms with Gasteiger partial charge in [-0.1, -0.05) is 12.2 Å². The summed E-state index contributed by atoms with van der Waals surface area (Å²) in [5.74, 6) is 0. The van der Waals surface area contributed by atoms with Crippen molar-refractivity contribution >= 4 is 0 Å². The fourth-order valence-electron chi connectivity index (χ4n) is 1.07. The number of rotatable bonds is 8. The van der Waals surface area contributed by atoms with E-state index in [2.05, 4.69) is 0 Å². The van der Waals surface area contributed by atoms with E-state index in [-0.39, 0.29) is 0 Å². The highest BCUT2D eigenvalue weighted by molar-refractivity contribution is 4.81. The van der Waals surface area contributed by atoms with Gasteiger partial charge in [-0.15, -0.1) is 0 Å². The van der Waals surface area contributed by atoms with Gasteiger partial charge in [0, 0.05) is 0 Å². The summed E-state index contributed by atoms with van der Waals surface area (Å²) in [6.45, 7) is 0. The molecule has 0 fully saturated rings. The molecule has 0 unspecified atom stereocenters. The first-order chi connectivity index (χ1) is 6.63. The molecule has 4 N–H and O–H groups in total. The average Bonchev–Trinajstić information content (AvgIpc) is 2.08. The van der Waals surface area contributed by atoms with Gasteiger partial charge in [-0.3, -0.25) is 0 Å². The Hall–Kier alpha value is -0.420. The van der Waals surface area contributed by atoms with Crippen LogP contribution in [0.4, 0.5) is 0 Å². The number of unbranched alkanes of at least 4 members (excludes halogenated alkanes) is 2. The summed E-state index contributed by atoms with van der Waals surface area (Å²) < 4.78 is 0. The van der Waals surface area contributed by atoms with E-state index in [0.717, 1.165) is 25.7 Å². The van der Waals surface area contributed by atoms with E-state index < -0.39 is 12.6 Å². The van der Waals surface area contributed by atoms with Crippen LogP contribution in [0.2, 0.25) is 0 Å². The molecule has 0 heterocycles. The quantitative estimate of drug-likeness (QED) is 0.264. The lowest BCUT2D eigenvalue weighted by atomic mass is 10.2. The third kappa shape index (κ3) is 11.6. The Morgan fingerprint density at radius 3 is 1.36 bits per heavy atom. The van der Waals surface area contributed by atoms with Crippen LogP contribution in [-0.2, 0) is 0 Å². The molecule has 0 radical (unpaired) electrons. The number of aliphatic hydroxyl groups excluding tert-OH is 2. The molecule has 14 heavy (non-hydrogen) atoms. The third-order valence-corrected chi connectivity index (χ3v) is 1.83. The SMILES string of the molecule is OC(O)CCC/C=C/CCCC(O)O. The van der Waals surface area contributed by atoms with Crippen molar-refractivity contribution in [2.24, 2.45) is 0 Å². The Bertz CT molecular complexity index is 127. The number of hydrogen-bond donors (Lipinski definition) is 4. The average molecular weight is 204 g/mol. The minimum atomic E-state index is -1.20. The predicted molar refractivity (Wildman–Crippen MR) is 53.3 cm³/mol. The van der Waals surface area contributed by atoms with Gasteiger partial charge in [0.05, 0.1) is 0 Å². The zero-order valence-electron chi connectivity index (χ0n) is 8.34. The largest absolute Gasteiger partial charge is 0.368 e. The molecule has 0 aliphatic rings. The van der Waals surface area contributed by atoms with Crippen LogP contribution in [0.5, 0.6) is 0 Å². The van der Waals surface area contributed by atoms with Crippen molar-refractivity contribution in [1.82, 2.24) is 0 Å². The van der Waals surface area contributed by atoms with Crippen molar-refractivity contribution in [2.45, 2.75) is 51.1 Å². The zero-order valence-corrected chi connectivity index (χ0v) is 8.34. The molecule has 0 aliphatic carbocycles. The topological polar surface area (TPSA) is 80.9 Å². The molecule has 0 aromatic rings. The Morgan fingerprint density at radius 2 is 1.07 bits per heavy atom. The second kappa shape index (κ2) is 9.15. The summed E-state index contributed by atoms with van der Waals surface area (Å²) in [7, 11) is 0. The Morgan fingerprint density at radius 1 is 0.714 bits per heavy atom. The van der Waals surface area contributed by atoms with Crippen molar-refractivity contribution in [1.29, 1.82) is 0 Å². The summed E-state index contributed by atoms with van der Waals surface area (Å²) in [4.78, 5) is 0. The van der Waals surface area contributed by atoms with Crippen LogP contribution in [0.3, 0.4) is 0 Å². The van der Waals surface area contributed by atoms with Crippen LogP contribution in [0, 0.1) is 0 Å². The minimum Gasteiger partial charge on any atom is -0.368 e. The van der Waals surface area contributed by atoms with E-state index in [9.17, 15) is 0 Å². The van der Waals surface area contributed by atoms with E-state index >= 15 is 0 Å². The molecule has 0 aliphatic heterocycles. The highest BCUT2D eigenvalue weighted by atomic mass is 16.5. The summed E-state index contributed by atoms with van der Waals surface area (Å²) in [6.07, 6.45) is 5.55. The normalized spacial score (nSPS) is 12.1. The first-order valence-corrected chi connectivity index (χ1v) is 5.00. The molecular formula is C10H20O4. The lowest BCUT2D eigenvalue weighted by Crippen LogP contribution is -2.02. The van der Waals surface area contributed by atoms with Gasteiger partial charge in [0.2, 0.25) is 0 Å². The maximum absolute atomic E-state index is 8.53. The molecule has 0 spiro atoms. The molecule has 0 aromatic carbocycles. The van der Waals surface area contributed by atoms with Crippen LogP contribution >= 0.6 is 0 Å². The molecule has 0 amide bonds. The maximum Gasteiger partial charge on any atom is 0.151 e. The summed E-state index contributed by atoms with van der Waals surface area (Å²) in [5, 5.41) is 34.1. The van der Waals surface area contributed by atoms with E-state index in [1.54, 1.807) is 0 Å². The van der Waals surface area contributed by atoms with Crippen molar-refractivity contribution in [3.63, 3.8) is 0 Å². The van der Waals surface area contributed by atoms with Gasteiger partial charge in [-0.05, 0) is 38.5 Å². The van der Waals surface area contributed by atoms with E-state index in [0.29, 0.717) is 12.8 Å².